The molecule has 25 heavy (non-hydrogen) atoms. The van der Waals surface area contributed by atoms with Crippen molar-refractivity contribution in [3.63, 3.8) is 0 Å². The molecule has 0 saturated heterocycles. The first kappa shape index (κ1) is 27.0. The van der Waals surface area contributed by atoms with E-state index < -0.39 is 11.7 Å². The molecule has 0 heterocycles. The van der Waals surface area contributed by atoms with Crippen molar-refractivity contribution in [1.29, 1.82) is 0 Å². The molecule has 0 nitrogen and oxygen atoms in total. The van der Waals surface area contributed by atoms with Crippen molar-refractivity contribution in [3.05, 3.63) is 83.0 Å². The maximum Gasteiger partial charge on any atom is 0.162 e. The van der Waals surface area contributed by atoms with Crippen LogP contribution in [0.5, 0.6) is 0 Å². The molecule has 0 amide bonds. The number of allylic oxidation sites excluding steroid dienone is 12. The van der Waals surface area contributed by atoms with Crippen molar-refractivity contribution < 1.29 is 8.78 Å². The summed E-state index contributed by atoms with van der Waals surface area (Å²) in [5.41, 5.74) is 1.77. The van der Waals surface area contributed by atoms with E-state index in [4.69, 9.17) is 7.85 Å². The molecule has 0 N–H and O–H groups in total. The summed E-state index contributed by atoms with van der Waals surface area (Å²) in [5, 5.41) is 0. The summed E-state index contributed by atoms with van der Waals surface area (Å²) in [6.45, 7) is 17.9. The van der Waals surface area contributed by atoms with Crippen LogP contribution in [-0.4, -0.2) is 7.85 Å². The van der Waals surface area contributed by atoms with Crippen LogP contribution in [0, 0.1) is 6.08 Å². The van der Waals surface area contributed by atoms with Gasteiger partial charge in [0.05, 0.1) is 0 Å². The molecule has 0 aliphatic heterocycles. The molecular weight excluding hydrogens is 548 g/mol. The largest absolute Gasteiger partial charge is 0.279 e. The zero-order chi connectivity index (χ0) is 19.3. The first-order valence-electron chi connectivity index (χ1n) is 8.01. The molecule has 0 rings (SSSR count). The fourth-order valence-electron chi connectivity index (χ4n) is 1.64. The maximum absolute atomic E-state index is 14.3. The topological polar surface area (TPSA) is 0 Å². The number of hydrogen-bond donors (Lipinski definition) is 0. The number of hydrogen-bond acceptors (Lipinski definition) is 0. The van der Waals surface area contributed by atoms with Crippen molar-refractivity contribution in [3.8, 4) is 0 Å². The van der Waals surface area contributed by atoms with Crippen LogP contribution in [0.4, 0.5) is 8.78 Å². The van der Waals surface area contributed by atoms with Crippen molar-refractivity contribution in [2.24, 2.45) is 0 Å². The third kappa shape index (κ3) is 9.75. The van der Waals surface area contributed by atoms with E-state index in [1.54, 1.807) is 26.0 Å². The Hall–Kier alpha value is -2.90. The Labute approximate surface area is 148 Å². The van der Waals surface area contributed by atoms with Crippen LogP contribution in [0.3, 0.4) is 0 Å². The van der Waals surface area contributed by atoms with Gasteiger partial charge in [0.1, 0.15) is 7.85 Å². The second-order valence-electron chi connectivity index (χ2n) is 4.81. The SMILES string of the molecule is CC.[B]C(=C)/C=C\C(=C)/C(C)=C(F)/C(F)=C(C)/C(=C/C=[C-]C)CC.[Cm]. The Kier molecular flexibility index (Phi) is 15.8. The Balaban J connectivity index is -0.00000155. The molecule has 0 unspecified atom stereocenters. The molecule has 0 fully saturated rings. The summed E-state index contributed by atoms with van der Waals surface area (Å²) < 4.78 is 28.6. The van der Waals surface area contributed by atoms with Gasteiger partial charge in [0.2, 0.25) is 0 Å². The number of rotatable bonds is 7. The van der Waals surface area contributed by atoms with Gasteiger partial charge in [-0.2, -0.15) is 0 Å². The van der Waals surface area contributed by atoms with E-state index in [0.717, 1.165) is 0 Å². The van der Waals surface area contributed by atoms with Crippen LogP contribution in [0.2, 0.25) is 0 Å². The third-order valence-electron chi connectivity index (χ3n) is 3.15. The van der Waals surface area contributed by atoms with Gasteiger partial charge in [0.25, 0.3) is 0 Å². The Morgan fingerprint density at radius 1 is 1.04 bits per heavy atom. The molecule has 4 heteroatoms. The molecule has 0 aliphatic carbocycles. The minimum absolute atomic E-state index is 0. The van der Waals surface area contributed by atoms with Crippen molar-refractivity contribution in [2.75, 3.05) is 0 Å². The summed E-state index contributed by atoms with van der Waals surface area (Å²) in [5.74, 6) is -1.80. The predicted molar refractivity (Wildman–Crippen MR) is 104 cm³/mol. The van der Waals surface area contributed by atoms with Gasteiger partial charge < -0.3 is 0 Å². The van der Waals surface area contributed by atoms with Crippen molar-refractivity contribution >= 4 is 7.85 Å². The van der Waals surface area contributed by atoms with Crippen LogP contribution >= 0.6 is 0 Å². The van der Waals surface area contributed by atoms with Gasteiger partial charge in [-0.3, -0.25) is 6.08 Å². The molecule has 0 aromatic rings. The van der Waals surface area contributed by atoms with E-state index in [2.05, 4.69) is 19.2 Å². The van der Waals surface area contributed by atoms with E-state index >= 15 is 0 Å². The predicted octanol–water partition coefficient (Wildman–Crippen LogP) is 7.01. The van der Waals surface area contributed by atoms with Crippen LogP contribution in [0.25, 0.3) is 0 Å². The van der Waals surface area contributed by atoms with E-state index in [0.29, 0.717) is 23.0 Å². The van der Waals surface area contributed by atoms with Gasteiger partial charge in [-0.15, -0.1) is 24.5 Å². The maximum atomic E-state index is 14.3. The van der Waals surface area contributed by atoms with E-state index in [1.165, 1.54) is 19.1 Å². The molecule has 0 bridgehead atoms. The van der Waals surface area contributed by atoms with Gasteiger partial charge in [0, 0.05) is 0 Å². The van der Waals surface area contributed by atoms with Gasteiger partial charge in [-0.05, 0) is 37.0 Å². The second kappa shape index (κ2) is 14.7. The zero-order valence-corrected chi connectivity index (χ0v) is 19.1. The molecule has 138 valence electrons. The van der Waals surface area contributed by atoms with E-state index in [1.807, 2.05) is 20.8 Å². The minimum Gasteiger partial charge on any atom is -0.279 e. The Bertz CT molecular complexity index is 591. The van der Waals surface area contributed by atoms with Crippen LogP contribution in [-0.2, 0) is 0 Å². The summed E-state index contributed by atoms with van der Waals surface area (Å²) in [6, 6.07) is 0. The van der Waals surface area contributed by atoms with Crippen LogP contribution in [0.15, 0.2) is 76.9 Å². The van der Waals surface area contributed by atoms with Crippen molar-refractivity contribution in [1.82, 2.24) is 0 Å². The smallest absolute Gasteiger partial charge is 0.162 e. The Morgan fingerprint density at radius 3 is 1.92 bits per heavy atom. The van der Waals surface area contributed by atoms with Crippen molar-refractivity contribution in [2.45, 2.75) is 48.0 Å². The summed E-state index contributed by atoms with van der Waals surface area (Å²) in [6.07, 6.45) is 9.83. The first-order valence-corrected chi connectivity index (χ1v) is 8.01. The monoisotopic (exact) mass is 572 g/mol. The van der Waals surface area contributed by atoms with Crippen LogP contribution in [0.1, 0.15) is 48.0 Å². The molecule has 2 radical (unpaired) electrons. The van der Waals surface area contributed by atoms with Gasteiger partial charge in [-0.1, -0.05) is 39.5 Å². The minimum atomic E-state index is -0.918. The van der Waals surface area contributed by atoms with Gasteiger partial charge >= 0.3 is 0 Å². The molecule has 0 aliphatic rings. The fourth-order valence-corrected chi connectivity index (χ4v) is 1.64. The molecular formula is C21H28BCmF2-. The first-order chi connectivity index (χ1) is 11.3. The third-order valence-corrected chi connectivity index (χ3v) is 3.15. The standard InChI is InChI=1S/C19H22BF2.C2H6.Cm/c1-7-9-10-17(8-2)16(6)19(22)18(21)15(5)13(3)11-12-14(4)20;1-2;/h9-12H,3-4,8H2,1-2,5-6H3;1-2H3;/q-1;;/b12-11-,17-10+,18-15-,19-16-;;. The average Bonchev–Trinajstić information content (AvgIpc) is 2.59. The van der Waals surface area contributed by atoms with E-state index in [-0.39, 0.29) is 11.1 Å². The summed E-state index contributed by atoms with van der Waals surface area (Å²) in [7, 11) is 5.40. The molecule has 0 saturated carbocycles. The van der Waals surface area contributed by atoms with Gasteiger partial charge in [-0.25, -0.2) is 20.9 Å². The van der Waals surface area contributed by atoms with Gasteiger partial charge in [0.15, 0.2) is 11.7 Å². The molecule has 0 atom stereocenters. The summed E-state index contributed by atoms with van der Waals surface area (Å²) in [4.78, 5) is 0. The zero-order valence-electron chi connectivity index (χ0n) is 16.1. The second-order valence-corrected chi connectivity index (χ2v) is 4.81. The quantitative estimate of drug-likeness (QED) is 0.174. The fraction of sp³-hybridized carbons (Fsp3) is 0.333. The van der Waals surface area contributed by atoms with Crippen LogP contribution < -0.4 is 0 Å². The average molecular weight is 576 g/mol. The number of halogens is 2. The molecule has 0 aromatic heterocycles. The Morgan fingerprint density at radius 2 is 1.52 bits per heavy atom. The molecule has 0 aromatic carbocycles. The van der Waals surface area contributed by atoms with E-state index in [9.17, 15) is 8.78 Å². The normalized spacial score (nSPS) is 13.5. The summed E-state index contributed by atoms with van der Waals surface area (Å²) >= 11 is 0. The molecule has 0 spiro atoms.